The number of fused-ring (bicyclic) bond motifs is 1. The predicted octanol–water partition coefficient (Wildman–Crippen LogP) is 5.62. The molecule has 2 unspecified atom stereocenters. The van der Waals surface area contributed by atoms with Gasteiger partial charge in [-0.15, -0.1) is 0 Å². The summed E-state index contributed by atoms with van der Waals surface area (Å²) in [6, 6.07) is 16.6. The van der Waals surface area contributed by atoms with E-state index in [1.807, 2.05) is 52.3 Å². The van der Waals surface area contributed by atoms with Crippen LogP contribution in [0.4, 0.5) is 10.5 Å². The molecule has 1 aliphatic heterocycles. The molecule has 1 saturated heterocycles. The molecule has 6 rings (SSSR count). The van der Waals surface area contributed by atoms with Crippen molar-refractivity contribution in [1.82, 2.24) is 14.7 Å². The van der Waals surface area contributed by atoms with E-state index in [0.29, 0.717) is 42.5 Å². The normalized spacial score (nSPS) is 22.6. The highest BCUT2D eigenvalue weighted by Gasteiger charge is 2.51. The smallest absolute Gasteiger partial charge is 0.322 e. The number of carbonyl (C=O) groups is 2. The first-order valence-corrected chi connectivity index (χ1v) is 13.8. The number of urea groups is 1. The highest BCUT2D eigenvalue weighted by atomic mass is 35.5. The molecule has 1 heterocycles. The molecular weight excluding hydrogens is 484 g/mol. The fourth-order valence-electron chi connectivity index (χ4n) is 6.06. The summed E-state index contributed by atoms with van der Waals surface area (Å²) in [4.78, 5) is 32.4. The first-order chi connectivity index (χ1) is 17.8. The standard InChI is InChI=1S/C30H37ClN4O2/c1-30(2)24-9-8-23(27(30)20-24)21-35(29(37)32-26-12-10-25(31)11-13-26)19-16-33-14-17-34(18-15-33)28(36)22-6-4-3-5-7-22/h3-8,10-13,24,27H,9,14-21H2,1-2H3,(H,32,37). The van der Waals surface area contributed by atoms with E-state index in [1.165, 1.54) is 12.0 Å². The Morgan fingerprint density at radius 3 is 2.38 bits per heavy atom. The van der Waals surface area contributed by atoms with Crippen molar-refractivity contribution in [3.05, 3.63) is 76.8 Å². The highest BCUT2D eigenvalue weighted by molar-refractivity contribution is 6.30. The molecule has 0 spiro atoms. The number of hydrogen-bond acceptors (Lipinski definition) is 3. The number of nitrogens with zero attached hydrogens (tertiary/aromatic N) is 3. The molecule has 4 aliphatic rings. The lowest BCUT2D eigenvalue weighted by molar-refractivity contribution is -0.00970. The van der Waals surface area contributed by atoms with Gasteiger partial charge in [0.05, 0.1) is 0 Å². The van der Waals surface area contributed by atoms with Gasteiger partial charge >= 0.3 is 6.03 Å². The van der Waals surface area contributed by atoms with Crippen molar-refractivity contribution in [2.45, 2.75) is 26.7 Å². The van der Waals surface area contributed by atoms with Crippen molar-refractivity contribution >= 4 is 29.2 Å². The largest absolute Gasteiger partial charge is 0.336 e. The number of amides is 3. The van der Waals surface area contributed by atoms with E-state index in [0.717, 1.165) is 43.2 Å². The molecule has 196 valence electrons. The molecule has 2 atom stereocenters. The number of nitrogens with one attached hydrogen (secondary N) is 1. The van der Waals surface area contributed by atoms with Gasteiger partial charge in [0.1, 0.15) is 0 Å². The summed E-state index contributed by atoms with van der Waals surface area (Å²) in [6.07, 6.45) is 4.73. The van der Waals surface area contributed by atoms with E-state index in [1.54, 1.807) is 12.1 Å². The van der Waals surface area contributed by atoms with Gasteiger partial charge in [-0.25, -0.2) is 4.79 Å². The summed E-state index contributed by atoms with van der Waals surface area (Å²) in [5.41, 5.74) is 3.21. The van der Waals surface area contributed by atoms with Crippen molar-refractivity contribution in [3.63, 3.8) is 0 Å². The SMILES string of the molecule is CC1(C)C2CC=C(CN(CCN3CCN(C(=O)c4ccccc4)CC3)C(=O)Nc3ccc(Cl)cc3)C1C2. The maximum absolute atomic E-state index is 13.4. The van der Waals surface area contributed by atoms with Crippen LogP contribution >= 0.6 is 11.6 Å². The second kappa shape index (κ2) is 10.9. The summed E-state index contributed by atoms with van der Waals surface area (Å²) < 4.78 is 0. The van der Waals surface area contributed by atoms with Crippen LogP contribution in [0, 0.1) is 17.3 Å². The molecule has 3 aliphatic carbocycles. The van der Waals surface area contributed by atoms with Gasteiger partial charge in [0, 0.05) is 62.1 Å². The van der Waals surface area contributed by atoms with Gasteiger partial charge in [-0.1, -0.05) is 55.3 Å². The molecule has 1 N–H and O–H groups in total. The summed E-state index contributed by atoms with van der Waals surface area (Å²) >= 11 is 6.03. The Bertz CT molecular complexity index is 1140. The Hall–Kier alpha value is -2.83. The molecule has 2 aromatic rings. The molecule has 37 heavy (non-hydrogen) atoms. The van der Waals surface area contributed by atoms with Crippen LogP contribution in [-0.2, 0) is 0 Å². The van der Waals surface area contributed by atoms with E-state index in [-0.39, 0.29) is 11.9 Å². The second-order valence-corrected chi connectivity index (χ2v) is 11.6. The Balaban J connectivity index is 1.20. The van der Waals surface area contributed by atoms with E-state index in [2.05, 4.69) is 30.1 Å². The summed E-state index contributed by atoms with van der Waals surface area (Å²) in [7, 11) is 0. The number of allylic oxidation sites excluding steroid dienone is 1. The lowest BCUT2D eigenvalue weighted by Crippen LogP contribution is -2.52. The van der Waals surface area contributed by atoms with Gasteiger partial charge in [0.15, 0.2) is 0 Å². The van der Waals surface area contributed by atoms with Gasteiger partial charge in [-0.05, 0) is 66.5 Å². The number of carbonyl (C=O) groups excluding carboxylic acids is 2. The summed E-state index contributed by atoms with van der Waals surface area (Å²) in [5.74, 6) is 1.42. The first-order valence-electron chi connectivity index (χ1n) is 13.4. The molecule has 2 aromatic carbocycles. The van der Waals surface area contributed by atoms with Crippen molar-refractivity contribution in [1.29, 1.82) is 0 Å². The molecule has 3 amide bonds. The minimum absolute atomic E-state index is 0.0830. The number of rotatable bonds is 7. The Labute approximate surface area is 225 Å². The van der Waals surface area contributed by atoms with Crippen molar-refractivity contribution in [3.8, 4) is 0 Å². The summed E-state index contributed by atoms with van der Waals surface area (Å²) in [5, 5.41) is 3.71. The zero-order valence-electron chi connectivity index (χ0n) is 21.8. The second-order valence-electron chi connectivity index (χ2n) is 11.2. The highest BCUT2D eigenvalue weighted by Crippen LogP contribution is 2.59. The van der Waals surface area contributed by atoms with E-state index in [9.17, 15) is 9.59 Å². The minimum atomic E-state index is -0.0830. The van der Waals surface area contributed by atoms with Crippen LogP contribution in [0.2, 0.25) is 5.02 Å². The molecule has 0 aromatic heterocycles. The first kappa shape index (κ1) is 25.8. The predicted molar refractivity (Wildman–Crippen MR) is 149 cm³/mol. The molecule has 6 nitrogen and oxygen atoms in total. The monoisotopic (exact) mass is 520 g/mol. The number of benzene rings is 2. The third-order valence-electron chi connectivity index (χ3n) is 8.71. The molecule has 2 fully saturated rings. The Kier molecular flexibility index (Phi) is 7.59. The number of piperazine rings is 1. The number of halogens is 1. The molecule has 7 heteroatoms. The van der Waals surface area contributed by atoms with Crippen LogP contribution in [0.1, 0.15) is 37.0 Å². The van der Waals surface area contributed by atoms with Gasteiger partial charge in [-0.3, -0.25) is 9.69 Å². The summed E-state index contributed by atoms with van der Waals surface area (Å²) in [6.45, 7) is 9.84. The Morgan fingerprint density at radius 1 is 1.03 bits per heavy atom. The van der Waals surface area contributed by atoms with Crippen LogP contribution in [0.15, 0.2) is 66.2 Å². The van der Waals surface area contributed by atoms with Crippen LogP contribution in [0.25, 0.3) is 0 Å². The van der Waals surface area contributed by atoms with Gasteiger partial charge < -0.3 is 15.1 Å². The quantitative estimate of drug-likeness (QED) is 0.482. The average molecular weight is 521 g/mol. The van der Waals surface area contributed by atoms with Gasteiger partial charge in [0.25, 0.3) is 5.91 Å². The van der Waals surface area contributed by atoms with Crippen LogP contribution < -0.4 is 5.32 Å². The molecular formula is C30H37ClN4O2. The fourth-order valence-corrected chi connectivity index (χ4v) is 6.19. The third kappa shape index (κ3) is 5.70. The van der Waals surface area contributed by atoms with E-state index in [4.69, 9.17) is 11.6 Å². The molecule has 0 radical (unpaired) electrons. The Morgan fingerprint density at radius 2 is 1.73 bits per heavy atom. The maximum atomic E-state index is 13.4. The topological polar surface area (TPSA) is 55.9 Å². The third-order valence-corrected chi connectivity index (χ3v) is 8.96. The number of hydrogen-bond donors (Lipinski definition) is 1. The average Bonchev–Trinajstić information content (AvgIpc) is 2.92. The lowest BCUT2D eigenvalue weighted by atomic mass is 9.49. The zero-order valence-corrected chi connectivity index (χ0v) is 22.6. The van der Waals surface area contributed by atoms with Gasteiger partial charge in [-0.2, -0.15) is 0 Å². The van der Waals surface area contributed by atoms with Crippen molar-refractivity contribution < 1.29 is 9.59 Å². The van der Waals surface area contributed by atoms with E-state index < -0.39 is 0 Å². The van der Waals surface area contributed by atoms with Crippen molar-refractivity contribution in [2.24, 2.45) is 17.3 Å². The van der Waals surface area contributed by atoms with E-state index >= 15 is 0 Å². The van der Waals surface area contributed by atoms with Crippen LogP contribution in [0.5, 0.6) is 0 Å². The minimum Gasteiger partial charge on any atom is -0.336 e. The lowest BCUT2D eigenvalue weighted by Gasteiger charge is -2.57. The van der Waals surface area contributed by atoms with Crippen molar-refractivity contribution in [2.75, 3.05) is 51.1 Å². The molecule has 1 saturated carbocycles. The number of anilines is 1. The van der Waals surface area contributed by atoms with Crippen LogP contribution in [-0.4, -0.2) is 72.5 Å². The molecule has 2 bridgehead atoms. The fraction of sp³-hybridized carbons (Fsp3) is 0.467. The zero-order chi connectivity index (χ0) is 26.0. The van der Waals surface area contributed by atoms with Gasteiger partial charge in [0.2, 0.25) is 0 Å². The van der Waals surface area contributed by atoms with Crippen LogP contribution in [0.3, 0.4) is 0 Å². The maximum Gasteiger partial charge on any atom is 0.322 e.